The predicted molar refractivity (Wildman–Crippen MR) is 225 cm³/mol. The molecule has 0 radical (unpaired) electrons. The number of aliphatic hydroxyl groups excluding tert-OH is 1. The number of carboxylic acids is 11. The van der Waals surface area contributed by atoms with Gasteiger partial charge in [0.15, 0.2) is 0 Å². The Morgan fingerprint density at radius 1 is 0.282 bits per heavy atom. The van der Waals surface area contributed by atoms with E-state index in [2.05, 4.69) is 18.9 Å². The van der Waals surface area contributed by atoms with Gasteiger partial charge in [0, 0.05) is 20.0 Å². The molecule has 0 saturated carbocycles. The van der Waals surface area contributed by atoms with Crippen LogP contribution in [-0.2, 0) is 28.5 Å². The van der Waals surface area contributed by atoms with E-state index in [-0.39, 0.29) is 0 Å². The Morgan fingerprint density at radius 3 is 0.679 bits per heavy atom. The van der Waals surface area contributed by atoms with Gasteiger partial charge in [-0.3, -0.25) is 4.79 Å². The second kappa shape index (κ2) is 23.4. The minimum absolute atomic E-state index is 0.302. The highest BCUT2D eigenvalue weighted by molar-refractivity contribution is 6.29. The number of hydrogen-bond acceptors (Lipinski definition) is 25. The maximum Gasteiger partial charge on any atom is 0.347 e. The molecule has 78 heavy (non-hydrogen) atoms. The van der Waals surface area contributed by atoms with Crippen molar-refractivity contribution in [1.29, 1.82) is 0 Å². The Labute approximate surface area is 422 Å². The first-order chi connectivity index (χ1) is 36.1. The van der Waals surface area contributed by atoms with Crippen molar-refractivity contribution in [3.05, 3.63) is 100 Å². The van der Waals surface area contributed by atoms with Crippen LogP contribution in [0, 0.1) is 0 Å². The molecule has 3 aromatic rings. The first kappa shape index (κ1) is 60.5. The van der Waals surface area contributed by atoms with Crippen LogP contribution in [0.5, 0.6) is 0 Å². The standard InChI is InChI=1S/C42H24O36/c1-6(44)76-38(69)21-17(35(65)66)20(36(67)74-2)22(37(68)75-5-3-4-43)24(42(73)78-40(71)19-15(33(61)62)11(29(53)54)8(26(47)48)12(30(55)56)16(19)34(63)64)23(21)41(72)77-39(70)18-13(31(57)58)9(27(49)50)7(25(45)46)10(28(51)52)14(18)32(59)60/h43H,3-5H2,1-2H3,(H,45,46)(H,47,48)(H,49,50)(H,51,52)(H,53,54)(H,55,56)(H,57,58)(H,59,60)(H,61,62)(H,63,64)(H,65,66). The number of esters is 8. The molecule has 0 fully saturated rings. The van der Waals surface area contributed by atoms with Crippen LogP contribution in [0.4, 0.5) is 0 Å². The number of aliphatic hydroxyl groups is 1. The highest BCUT2D eigenvalue weighted by atomic mass is 16.6. The summed E-state index contributed by atoms with van der Waals surface area (Å²) in [7, 11) is 0.318. The van der Waals surface area contributed by atoms with Crippen LogP contribution >= 0.6 is 0 Å². The zero-order valence-corrected chi connectivity index (χ0v) is 37.8. The van der Waals surface area contributed by atoms with E-state index < -0.39 is 233 Å². The fourth-order valence-electron chi connectivity index (χ4n) is 6.99. The molecule has 36 nitrogen and oxygen atoms in total. The van der Waals surface area contributed by atoms with Gasteiger partial charge in [-0.1, -0.05) is 0 Å². The van der Waals surface area contributed by atoms with Crippen molar-refractivity contribution in [3.63, 3.8) is 0 Å². The Kier molecular flexibility index (Phi) is 18.1. The topological polar surface area (TPSA) is 613 Å². The molecule has 12 N–H and O–H groups in total. The summed E-state index contributed by atoms with van der Waals surface area (Å²) in [5.74, 6) is -52.8. The summed E-state index contributed by atoms with van der Waals surface area (Å²) >= 11 is 0. The number of carboxylic acid groups (broad SMARTS) is 11. The Balaban J connectivity index is 2.93. The molecule has 0 aliphatic rings. The minimum atomic E-state index is -3.15. The van der Waals surface area contributed by atoms with Crippen LogP contribution in [0.3, 0.4) is 0 Å². The lowest BCUT2D eigenvalue weighted by atomic mass is 9.85. The van der Waals surface area contributed by atoms with Crippen LogP contribution in [0.1, 0.15) is 200 Å². The number of methoxy groups -OCH3 is 1. The maximum atomic E-state index is 14.6. The van der Waals surface area contributed by atoms with Crippen LogP contribution in [0.2, 0.25) is 0 Å². The van der Waals surface area contributed by atoms with E-state index in [1.54, 1.807) is 0 Å². The lowest BCUT2D eigenvalue weighted by molar-refractivity contribution is -0.135. The van der Waals surface area contributed by atoms with Gasteiger partial charge in [0.1, 0.15) is 0 Å². The lowest BCUT2D eigenvalue weighted by Gasteiger charge is -2.21. The summed E-state index contributed by atoms with van der Waals surface area (Å²) in [5, 5.41) is 119. The van der Waals surface area contributed by atoms with Gasteiger partial charge >= 0.3 is 113 Å². The van der Waals surface area contributed by atoms with Crippen molar-refractivity contribution >= 4 is 113 Å². The van der Waals surface area contributed by atoms with E-state index in [9.17, 15) is 152 Å². The van der Waals surface area contributed by atoms with Gasteiger partial charge in [-0.15, -0.1) is 0 Å². The summed E-state index contributed by atoms with van der Waals surface area (Å²) < 4.78 is 22.3. The molecule has 0 saturated heterocycles. The maximum absolute atomic E-state index is 14.6. The number of ether oxygens (including phenoxy) is 5. The normalized spacial score (nSPS) is 10.4. The molecule has 36 heteroatoms. The number of carbonyl (C=O) groups excluding carboxylic acids is 8. The molecule has 0 aromatic heterocycles. The molecule has 3 aromatic carbocycles. The summed E-state index contributed by atoms with van der Waals surface area (Å²) in [4.78, 5) is 249. The van der Waals surface area contributed by atoms with Gasteiger partial charge in [0.05, 0.1) is 114 Å². The molecule has 0 amide bonds. The fourth-order valence-corrected chi connectivity index (χ4v) is 6.99. The van der Waals surface area contributed by atoms with Gasteiger partial charge in [-0.25, -0.2) is 86.3 Å². The number of aromatic carboxylic acids is 11. The smallest absolute Gasteiger partial charge is 0.347 e. The van der Waals surface area contributed by atoms with Crippen LogP contribution in [-0.4, -0.2) is 195 Å². The molecule has 0 spiro atoms. The van der Waals surface area contributed by atoms with E-state index in [1.165, 1.54) is 0 Å². The molecule has 0 bridgehead atoms. The molecule has 0 atom stereocenters. The molecule has 408 valence electrons. The third kappa shape index (κ3) is 11.2. The Hall–Kier alpha value is -11.8. The molecule has 0 aliphatic carbocycles. The van der Waals surface area contributed by atoms with Gasteiger partial charge in [0.25, 0.3) is 0 Å². The number of benzene rings is 3. The van der Waals surface area contributed by atoms with E-state index in [1.807, 2.05) is 0 Å². The molecule has 0 aliphatic heterocycles. The molecular weight excluding hydrogens is 1080 g/mol. The van der Waals surface area contributed by atoms with Gasteiger partial charge in [-0.2, -0.15) is 0 Å². The third-order valence-corrected chi connectivity index (χ3v) is 9.61. The van der Waals surface area contributed by atoms with Gasteiger partial charge in [0.2, 0.25) is 0 Å². The first-order valence-corrected chi connectivity index (χ1v) is 19.5. The Morgan fingerprint density at radius 2 is 0.462 bits per heavy atom. The first-order valence-electron chi connectivity index (χ1n) is 19.5. The second-order valence-electron chi connectivity index (χ2n) is 14.0. The van der Waals surface area contributed by atoms with Crippen molar-refractivity contribution in [2.24, 2.45) is 0 Å². The monoisotopic (exact) mass is 1100 g/mol. The number of carbonyl (C=O) groups is 19. The van der Waals surface area contributed by atoms with Crippen molar-refractivity contribution in [3.8, 4) is 0 Å². The van der Waals surface area contributed by atoms with E-state index in [0.29, 0.717) is 14.0 Å². The highest BCUT2D eigenvalue weighted by Gasteiger charge is 2.48. The average molecular weight is 1100 g/mol. The van der Waals surface area contributed by atoms with Gasteiger partial charge in [-0.05, 0) is 0 Å². The largest absolute Gasteiger partial charge is 0.478 e. The van der Waals surface area contributed by atoms with Crippen molar-refractivity contribution in [2.45, 2.75) is 13.3 Å². The van der Waals surface area contributed by atoms with Gasteiger partial charge < -0.3 is 85.0 Å². The fraction of sp³-hybridized carbons (Fsp3) is 0.119. The predicted octanol–water partition coefficient (Wildman–Crippen LogP) is -0.610. The molecule has 0 unspecified atom stereocenters. The summed E-state index contributed by atoms with van der Waals surface area (Å²) in [6.07, 6.45) is -0.689. The van der Waals surface area contributed by atoms with Crippen LogP contribution < -0.4 is 0 Å². The molecular formula is C42H24O36. The quantitative estimate of drug-likeness (QED) is 0.0274. The number of hydrogen-bond donors (Lipinski definition) is 12. The van der Waals surface area contributed by atoms with Crippen LogP contribution in [0.25, 0.3) is 0 Å². The van der Waals surface area contributed by atoms with Crippen LogP contribution in [0.15, 0.2) is 0 Å². The van der Waals surface area contributed by atoms with E-state index in [4.69, 9.17) is 4.74 Å². The van der Waals surface area contributed by atoms with E-state index in [0.717, 1.165) is 0 Å². The Bertz CT molecular complexity index is 3310. The minimum Gasteiger partial charge on any atom is -0.478 e. The molecule has 0 heterocycles. The van der Waals surface area contributed by atoms with Crippen molar-refractivity contribution in [1.82, 2.24) is 0 Å². The summed E-state index contributed by atoms with van der Waals surface area (Å²) in [6, 6.07) is 0. The second-order valence-corrected chi connectivity index (χ2v) is 14.0. The highest BCUT2D eigenvalue weighted by Crippen LogP contribution is 2.37. The SMILES string of the molecule is COC(=O)c1c(C(=O)O)c(C(=O)OC(C)=O)c(C(=O)OC(=O)c2c(C(=O)O)c(C(=O)O)c(C(=O)O)c(C(=O)O)c2C(=O)O)c(C(=O)OC(=O)c2c(C(=O)O)c(C(=O)O)c(C(=O)O)c(C(=O)O)c2C(=O)O)c1C(=O)OCCCO. The zero-order valence-electron chi connectivity index (χ0n) is 37.8. The average Bonchev–Trinajstić information content (AvgIpc) is 3.32. The third-order valence-electron chi connectivity index (χ3n) is 9.61. The zero-order chi connectivity index (χ0) is 60.0. The van der Waals surface area contributed by atoms with E-state index >= 15 is 0 Å². The number of rotatable bonds is 21. The lowest BCUT2D eigenvalue weighted by Crippen LogP contribution is -2.33. The summed E-state index contributed by atoms with van der Waals surface area (Å²) in [5.41, 5.74) is -42.2. The summed E-state index contributed by atoms with van der Waals surface area (Å²) in [6.45, 7) is -1.80. The molecule has 3 rings (SSSR count). The van der Waals surface area contributed by atoms with Crippen molar-refractivity contribution < 1.29 is 176 Å². The van der Waals surface area contributed by atoms with Crippen molar-refractivity contribution in [2.75, 3.05) is 20.3 Å².